The average molecular weight is 295 g/mol. The van der Waals surface area contributed by atoms with Gasteiger partial charge in [0, 0.05) is 6.07 Å². The average Bonchev–Trinajstić information content (AvgIpc) is 2.50. The fraction of sp³-hybridized carbons (Fsp3) is 0.286. The van der Waals surface area contributed by atoms with Crippen LogP contribution in [0.1, 0.15) is 11.3 Å². The zero-order valence-corrected chi connectivity index (χ0v) is 12.1. The first-order chi connectivity index (χ1) is 9.67. The van der Waals surface area contributed by atoms with E-state index in [4.69, 9.17) is 21.1 Å². The van der Waals surface area contributed by atoms with Crippen LogP contribution in [0.5, 0.6) is 11.5 Å². The number of halogens is 1. The SMILES string of the molecule is COc1ccc(Cn2nc(CCl)cc(OC)c2=O)cc1. The highest BCUT2D eigenvalue weighted by molar-refractivity contribution is 6.16. The van der Waals surface area contributed by atoms with E-state index in [1.807, 2.05) is 24.3 Å². The van der Waals surface area contributed by atoms with Gasteiger partial charge in [0.2, 0.25) is 0 Å². The number of methoxy groups -OCH3 is 2. The van der Waals surface area contributed by atoms with Crippen molar-refractivity contribution in [1.82, 2.24) is 9.78 Å². The van der Waals surface area contributed by atoms with E-state index in [1.165, 1.54) is 11.8 Å². The fourth-order valence-corrected chi connectivity index (χ4v) is 1.92. The van der Waals surface area contributed by atoms with Gasteiger partial charge in [0.1, 0.15) is 5.75 Å². The summed E-state index contributed by atoms with van der Waals surface area (Å²) in [6, 6.07) is 8.99. The van der Waals surface area contributed by atoms with Crippen LogP contribution in [0.2, 0.25) is 0 Å². The van der Waals surface area contributed by atoms with Crippen LogP contribution in [0, 0.1) is 0 Å². The van der Waals surface area contributed by atoms with Crippen LogP contribution in [0.15, 0.2) is 35.1 Å². The number of hydrogen-bond donors (Lipinski definition) is 0. The molecule has 0 spiro atoms. The number of nitrogens with zero attached hydrogens (tertiary/aromatic N) is 2. The molecule has 0 unspecified atom stereocenters. The highest BCUT2D eigenvalue weighted by Gasteiger charge is 2.09. The van der Waals surface area contributed by atoms with E-state index < -0.39 is 0 Å². The van der Waals surface area contributed by atoms with E-state index in [0.29, 0.717) is 12.2 Å². The smallest absolute Gasteiger partial charge is 0.309 e. The molecule has 0 fully saturated rings. The fourth-order valence-electron chi connectivity index (χ4n) is 1.79. The summed E-state index contributed by atoms with van der Waals surface area (Å²) in [4.78, 5) is 12.1. The van der Waals surface area contributed by atoms with Crippen LogP contribution in [0.4, 0.5) is 0 Å². The second-order valence-corrected chi connectivity index (χ2v) is 4.42. The second-order valence-electron chi connectivity index (χ2n) is 4.15. The van der Waals surface area contributed by atoms with Crippen molar-refractivity contribution in [1.29, 1.82) is 0 Å². The number of hydrogen-bond acceptors (Lipinski definition) is 4. The molecule has 2 aromatic rings. The van der Waals surface area contributed by atoms with Crippen molar-refractivity contribution in [2.24, 2.45) is 0 Å². The Morgan fingerprint density at radius 3 is 2.45 bits per heavy atom. The minimum Gasteiger partial charge on any atom is -0.497 e. The van der Waals surface area contributed by atoms with Crippen molar-refractivity contribution in [2.75, 3.05) is 14.2 Å². The van der Waals surface area contributed by atoms with E-state index in [0.717, 1.165) is 11.3 Å². The zero-order chi connectivity index (χ0) is 14.5. The largest absolute Gasteiger partial charge is 0.497 e. The van der Waals surface area contributed by atoms with E-state index in [1.54, 1.807) is 13.2 Å². The second kappa shape index (κ2) is 6.43. The van der Waals surface area contributed by atoms with Crippen LogP contribution in [0.3, 0.4) is 0 Å². The first-order valence-electron chi connectivity index (χ1n) is 6.02. The lowest BCUT2D eigenvalue weighted by Crippen LogP contribution is -2.25. The summed E-state index contributed by atoms with van der Waals surface area (Å²) >= 11 is 5.77. The van der Waals surface area contributed by atoms with E-state index in [2.05, 4.69) is 5.10 Å². The zero-order valence-electron chi connectivity index (χ0n) is 11.3. The molecule has 0 saturated carbocycles. The van der Waals surface area contributed by atoms with Crippen molar-refractivity contribution >= 4 is 11.6 Å². The van der Waals surface area contributed by atoms with Crippen molar-refractivity contribution in [2.45, 2.75) is 12.4 Å². The molecule has 106 valence electrons. The Labute approximate surface area is 121 Å². The third kappa shape index (κ3) is 3.11. The molecule has 6 heteroatoms. The Kier molecular flexibility index (Phi) is 4.63. The van der Waals surface area contributed by atoms with Gasteiger partial charge in [0.25, 0.3) is 0 Å². The van der Waals surface area contributed by atoms with Gasteiger partial charge in [-0.15, -0.1) is 11.6 Å². The normalized spacial score (nSPS) is 10.3. The van der Waals surface area contributed by atoms with Crippen molar-refractivity contribution in [3.63, 3.8) is 0 Å². The van der Waals surface area contributed by atoms with Crippen molar-refractivity contribution in [3.8, 4) is 11.5 Å². The minimum absolute atomic E-state index is 0.221. The Morgan fingerprint density at radius 1 is 1.20 bits per heavy atom. The molecular formula is C14H15ClN2O3. The molecule has 5 nitrogen and oxygen atoms in total. The first kappa shape index (κ1) is 14.4. The number of aromatic nitrogens is 2. The molecule has 0 amide bonds. The molecule has 0 aliphatic heterocycles. The number of rotatable bonds is 5. The lowest BCUT2D eigenvalue weighted by atomic mass is 10.2. The van der Waals surface area contributed by atoms with Crippen molar-refractivity contribution in [3.05, 3.63) is 51.9 Å². The van der Waals surface area contributed by atoms with Gasteiger partial charge in [-0.25, -0.2) is 4.68 Å². The standard InChI is InChI=1S/C14H15ClN2O3/c1-19-12-5-3-10(4-6-12)9-17-14(18)13(20-2)7-11(8-15)16-17/h3-7H,8-9H2,1-2H3. The van der Waals surface area contributed by atoms with E-state index in [9.17, 15) is 4.79 Å². The van der Waals surface area contributed by atoms with Crippen LogP contribution >= 0.6 is 11.6 Å². The lowest BCUT2D eigenvalue weighted by Gasteiger charge is -2.09. The minimum atomic E-state index is -0.280. The molecule has 0 N–H and O–H groups in total. The highest BCUT2D eigenvalue weighted by atomic mass is 35.5. The Bertz CT molecular complexity index is 638. The molecule has 1 heterocycles. The van der Waals surface area contributed by atoms with Gasteiger partial charge in [0.15, 0.2) is 5.75 Å². The highest BCUT2D eigenvalue weighted by Crippen LogP contribution is 2.13. The monoisotopic (exact) mass is 294 g/mol. The summed E-state index contributed by atoms with van der Waals surface area (Å²) in [5, 5.41) is 4.20. The molecule has 1 aromatic carbocycles. The molecule has 0 atom stereocenters. The van der Waals surface area contributed by atoms with Crippen LogP contribution in [-0.4, -0.2) is 24.0 Å². The third-order valence-corrected chi connectivity index (χ3v) is 3.11. The Morgan fingerprint density at radius 2 is 1.90 bits per heavy atom. The predicted molar refractivity (Wildman–Crippen MR) is 76.7 cm³/mol. The van der Waals surface area contributed by atoms with Gasteiger partial charge < -0.3 is 9.47 Å². The molecule has 2 rings (SSSR count). The van der Waals surface area contributed by atoms with E-state index in [-0.39, 0.29) is 17.2 Å². The number of ether oxygens (including phenoxy) is 2. The number of benzene rings is 1. The molecule has 0 aliphatic rings. The molecular weight excluding hydrogens is 280 g/mol. The van der Waals surface area contributed by atoms with Crippen LogP contribution < -0.4 is 15.0 Å². The van der Waals surface area contributed by atoms with Gasteiger partial charge in [-0.1, -0.05) is 12.1 Å². The predicted octanol–water partition coefficient (Wildman–Crippen LogP) is 2.05. The first-order valence-corrected chi connectivity index (χ1v) is 6.55. The molecule has 0 saturated heterocycles. The lowest BCUT2D eigenvalue weighted by molar-refractivity contribution is 0.397. The summed E-state index contributed by atoms with van der Waals surface area (Å²) in [7, 11) is 3.06. The maximum absolute atomic E-state index is 12.1. The van der Waals surface area contributed by atoms with Crippen molar-refractivity contribution < 1.29 is 9.47 Å². The van der Waals surface area contributed by atoms with Gasteiger partial charge >= 0.3 is 5.56 Å². The topological polar surface area (TPSA) is 53.4 Å². The molecule has 20 heavy (non-hydrogen) atoms. The van der Waals surface area contributed by atoms with Gasteiger partial charge in [-0.05, 0) is 17.7 Å². The summed E-state index contributed by atoms with van der Waals surface area (Å²) in [5.74, 6) is 1.23. The Hall–Kier alpha value is -2.01. The van der Waals surface area contributed by atoms with Gasteiger partial charge in [-0.3, -0.25) is 4.79 Å². The van der Waals surface area contributed by atoms with E-state index >= 15 is 0 Å². The molecule has 1 aromatic heterocycles. The molecule has 0 radical (unpaired) electrons. The molecule has 0 bridgehead atoms. The number of alkyl halides is 1. The summed E-state index contributed by atoms with van der Waals surface area (Å²) < 4.78 is 11.5. The summed E-state index contributed by atoms with van der Waals surface area (Å²) in [6.07, 6.45) is 0. The molecule has 0 aliphatic carbocycles. The maximum Gasteiger partial charge on any atom is 0.309 e. The van der Waals surface area contributed by atoms with Gasteiger partial charge in [-0.2, -0.15) is 5.10 Å². The maximum atomic E-state index is 12.1. The summed E-state index contributed by atoms with van der Waals surface area (Å²) in [5.41, 5.74) is 1.25. The van der Waals surface area contributed by atoms with Gasteiger partial charge in [0.05, 0.1) is 32.3 Å². The van der Waals surface area contributed by atoms with Crippen LogP contribution in [-0.2, 0) is 12.4 Å². The summed E-state index contributed by atoms with van der Waals surface area (Å²) in [6.45, 7) is 0.351. The Balaban J connectivity index is 2.34. The third-order valence-electron chi connectivity index (χ3n) is 2.84. The quantitative estimate of drug-likeness (QED) is 0.792. The van der Waals surface area contributed by atoms with Crippen LogP contribution in [0.25, 0.3) is 0 Å².